The van der Waals surface area contributed by atoms with Crippen molar-refractivity contribution in [3.63, 3.8) is 0 Å². The molecule has 0 aliphatic carbocycles. The van der Waals surface area contributed by atoms with Crippen molar-refractivity contribution >= 4 is 56.6 Å². The van der Waals surface area contributed by atoms with Crippen molar-refractivity contribution in [3.8, 4) is 11.8 Å². The van der Waals surface area contributed by atoms with E-state index in [-0.39, 0.29) is 5.56 Å². The number of nitrogens with zero attached hydrogens (tertiary/aromatic N) is 2. The van der Waals surface area contributed by atoms with Crippen molar-refractivity contribution in [1.29, 1.82) is 0 Å². The predicted molar refractivity (Wildman–Crippen MR) is 127 cm³/mol. The molecule has 0 aliphatic rings. The molecule has 31 heavy (non-hydrogen) atoms. The Morgan fingerprint density at radius 2 is 1.97 bits per heavy atom. The molecule has 4 rings (SSSR count). The Balaban J connectivity index is 2.06. The molecule has 0 saturated heterocycles. The molecular formula is C23H20Cl2N4O2. The first-order valence-electron chi connectivity index (χ1n) is 9.55. The van der Waals surface area contributed by atoms with Crippen LogP contribution in [0.1, 0.15) is 16.8 Å². The van der Waals surface area contributed by atoms with E-state index in [1.54, 1.807) is 25.3 Å². The van der Waals surface area contributed by atoms with Crippen molar-refractivity contribution in [2.24, 2.45) is 7.05 Å². The fraction of sp³-hybridized carbons (Fsp3) is 0.217. The summed E-state index contributed by atoms with van der Waals surface area (Å²) in [6.45, 7) is 4.15. The highest BCUT2D eigenvalue weighted by Crippen LogP contribution is 2.35. The first-order chi connectivity index (χ1) is 14.8. The van der Waals surface area contributed by atoms with E-state index < -0.39 is 0 Å². The molecule has 0 aliphatic heterocycles. The number of halogens is 2. The summed E-state index contributed by atoms with van der Waals surface area (Å²) in [7, 11) is 3.43. The summed E-state index contributed by atoms with van der Waals surface area (Å²) in [6.07, 6.45) is 0. The van der Waals surface area contributed by atoms with Crippen molar-refractivity contribution in [3.05, 3.63) is 61.5 Å². The number of fused-ring (bicyclic) bond motifs is 3. The molecule has 2 aromatic carbocycles. The van der Waals surface area contributed by atoms with Gasteiger partial charge in [-0.25, -0.2) is 4.98 Å². The lowest BCUT2D eigenvalue weighted by Crippen LogP contribution is -2.11. The fourth-order valence-corrected chi connectivity index (χ4v) is 4.07. The summed E-state index contributed by atoms with van der Waals surface area (Å²) >= 11 is 12.7. The zero-order chi connectivity index (χ0) is 22.3. The summed E-state index contributed by atoms with van der Waals surface area (Å²) < 4.78 is 6.89. The molecule has 0 atom stereocenters. The molecule has 0 amide bonds. The minimum atomic E-state index is -0.176. The lowest BCUT2D eigenvalue weighted by Gasteiger charge is -2.11. The number of methoxy groups -OCH3 is 1. The number of pyridine rings is 1. The van der Waals surface area contributed by atoms with E-state index in [2.05, 4.69) is 22.1 Å². The topological polar surface area (TPSA) is 71.9 Å². The maximum Gasteiger partial charge on any atom is 0.258 e. The molecule has 158 valence electrons. The number of para-hydroxylation sites is 1. The van der Waals surface area contributed by atoms with Gasteiger partial charge in [-0.3, -0.25) is 4.79 Å². The van der Waals surface area contributed by atoms with E-state index in [9.17, 15) is 4.79 Å². The number of rotatable bonds is 3. The van der Waals surface area contributed by atoms with Crippen molar-refractivity contribution < 1.29 is 4.74 Å². The van der Waals surface area contributed by atoms with Gasteiger partial charge in [0.2, 0.25) is 5.95 Å². The lowest BCUT2D eigenvalue weighted by atomic mass is 10.0. The maximum absolute atomic E-state index is 13.0. The number of H-pyrrole nitrogens is 1. The normalized spacial score (nSPS) is 11.0. The zero-order valence-corrected chi connectivity index (χ0v) is 19.0. The van der Waals surface area contributed by atoms with Crippen LogP contribution in [0.3, 0.4) is 0 Å². The number of nitrogens with one attached hydrogen (secondary N) is 2. The first kappa shape index (κ1) is 21.3. The second-order valence-electron chi connectivity index (χ2n) is 7.20. The summed E-state index contributed by atoms with van der Waals surface area (Å²) in [5.41, 5.74) is 4.16. The van der Waals surface area contributed by atoms with Gasteiger partial charge in [0.05, 0.1) is 32.2 Å². The average Bonchev–Trinajstić information content (AvgIpc) is 3.05. The largest absolute Gasteiger partial charge is 0.372 e. The minimum absolute atomic E-state index is 0.176. The number of ether oxygens (including phenoxy) is 1. The van der Waals surface area contributed by atoms with Gasteiger partial charge in [-0.2, -0.15) is 0 Å². The molecule has 6 nitrogen and oxygen atoms in total. The number of anilines is 2. The third-order valence-electron chi connectivity index (χ3n) is 5.28. The van der Waals surface area contributed by atoms with Gasteiger partial charge >= 0.3 is 0 Å². The zero-order valence-electron chi connectivity index (χ0n) is 17.5. The summed E-state index contributed by atoms with van der Waals surface area (Å²) in [5.74, 6) is 6.61. The third-order valence-corrected chi connectivity index (χ3v) is 5.91. The monoisotopic (exact) mass is 454 g/mol. The van der Waals surface area contributed by atoms with Gasteiger partial charge in [0, 0.05) is 19.9 Å². The van der Waals surface area contributed by atoms with Gasteiger partial charge in [-0.15, -0.1) is 0 Å². The van der Waals surface area contributed by atoms with E-state index in [0.29, 0.717) is 50.3 Å². The van der Waals surface area contributed by atoms with Crippen molar-refractivity contribution in [2.75, 3.05) is 19.0 Å². The Hall–Kier alpha value is -2.98. The SMILES string of the molecule is COCC#Cc1cc2c(C)c(C)[nH]c(=O)c2c2c1nc(Nc1c(Cl)cccc1Cl)n2C. The predicted octanol–water partition coefficient (Wildman–Crippen LogP) is 5.08. The van der Waals surface area contributed by atoms with E-state index >= 15 is 0 Å². The summed E-state index contributed by atoms with van der Waals surface area (Å²) in [5, 5.41) is 5.53. The van der Waals surface area contributed by atoms with Crippen molar-refractivity contribution in [1.82, 2.24) is 14.5 Å². The molecule has 2 aromatic heterocycles. The average molecular weight is 455 g/mol. The Labute approximate surface area is 189 Å². The maximum atomic E-state index is 13.0. The molecule has 4 aromatic rings. The molecule has 0 bridgehead atoms. The standard InChI is InChI=1S/C23H20Cl2N4O2/c1-12-13(2)26-22(30)18-15(12)11-14(7-6-10-31-4)19-21(18)29(3)23(27-19)28-20-16(24)8-5-9-17(20)25/h5,8-9,11H,10H2,1-4H3,(H,26,30)(H,27,28). The van der Waals surface area contributed by atoms with Gasteiger partial charge in [-0.1, -0.05) is 41.1 Å². The van der Waals surface area contributed by atoms with Crippen LogP contribution in [0.4, 0.5) is 11.6 Å². The van der Waals surface area contributed by atoms with Crippen LogP contribution in [0, 0.1) is 25.7 Å². The molecule has 0 saturated carbocycles. The second-order valence-corrected chi connectivity index (χ2v) is 8.01. The second kappa shape index (κ2) is 8.27. The molecule has 0 radical (unpaired) electrons. The number of hydrogen-bond donors (Lipinski definition) is 2. The Bertz CT molecular complexity index is 1440. The Morgan fingerprint density at radius 1 is 1.26 bits per heavy atom. The Kier molecular flexibility index (Phi) is 5.67. The molecule has 0 unspecified atom stereocenters. The van der Waals surface area contributed by atoms with Crippen molar-refractivity contribution in [2.45, 2.75) is 13.8 Å². The van der Waals surface area contributed by atoms with Crippen LogP contribution in [0.15, 0.2) is 29.1 Å². The number of benzene rings is 2. The van der Waals surface area contributed by atoms with Gasteiger partial charge in [0.25, 0.3) is 5.56 Å². The molecule has 2 heterocycles. The minimum Gasteiger partial charge on any atom is -0.372 e. The number of aromatic nitrogens is 3. The quantitative estimate of drug-likeness (QED) is 0.423. The van der Waals surface area contributed by atoms with E-state index in [4.69, 9.17) is 32.9 Å². The van der Waals surface area contributed by atoms with Gasteiger partial charge in [0.1, 0.15) is 12.1 Å². The third kappa shape index (κ3) is 3.66. The van der Waals surface area contributed by atoms with Crippen LogP contribution < -0.4 is 10.9 Å². The van der Waals surface area contributed by atoms with Crippen LogP contribution in [-0.2, 0) is 11.8 Å². The van der Waals surface area contributed by atoms with Crippen LogP contribution in [0.25, 0.3) is 21.8 Å². The smallest absolute Gasteiger partial charge is 0.258 e. The molecule has 0 spiro atoms. The number of imidazole rings is 1. The fourth-order valence-electron chi connectivity index (χ4n) is 3.58. The first-order valence-corrected chi connectivity index (χ1v) is 10.3. The highest BCUT2D eigenvalue weighted by molar-refractivity contribution is 6.39. The van der Waals surface area contributed by atoms with E-state index in [1.807, 2.05) is 31.5 Å². The van der Waals surface area contributed by atoms with Gasteiger partial charge < -0.3 is 19.6 Å². The van der Waals surface area contributed by atoms with Crippen LogP contribution >= 0.6 is 23.2 Å². The molecule has 8 heteroatoms. The highest BCUT2D eigenvalue weighted by atomic mass is 35.5. The molecular weight excluding hydrogens is 435 g/mol. The van der Waals surface area contributed by atoms with E-state index in [0.717, 1.165) is 16.6 Å². The van der Waals surface area contributed by atoms with Crippen LogP contribution in [0.2, 0.25) is 10.0 Å². The van der Waals surface area contributed by atoms with Gasteiger partial charge in [0.15, 0.2) is 0 Å². The van der Waals surface area contributed by atoms with Crippen LogP contribution in [-0.4, -0.2) is 28.3 Å². The molecule has 0 fully saturated rings. The summed E-state index contributed by atoms with van der Waals surface area (Å²) in [4.78, 5) is 20.6. The molecule has 2 N–H and O–H groups in total. The number of aromatic amines is 1. The Morgan fingerprint density at radius 3 is 2.65 bits per heavy atom. The lowest BCUT2D eigenvalue weighted by molar-refractivity contribution is 0.240. The van der Waals surface area contributed by atoms with Gasteiger partial charge in [-0.05, 0) is 43.0 Å². The highest BCUT2D eigenvalue weighted by Gasteiger charge is 2.19. The summed E-state index contributed by atoms with van der Waals surface area (Å²) in [6, 6.07) is 7.17. The number of hydrogen-bond acceptors (Lipinski definition) is 4. The van der Waals surface area contributed by atoms with Crippen LogP contribution in [0.5, 0.6) is 0 Å². The number of aryl methyl sites for hydroxylation is 3. The van der Waals surface area contributed by atoms with E-state index in [1.165, 1.54) is 0 Å².